The van der Waals surface area contributed by atoms with E-state index in [1.54, 1.807) is 27.0 Å². The quantitative estimate of drug-likeness (QED) is 0.422. The lowest BCUT2D eigenvalue weighted by Gasteiger charge is -2.22. The van der Waals surface area contributed by atoms with Gasteiger partial charge in [-0.15, -0.1) is 0 Å². The van der Waals surface area contributed by atoms with Crippen molar-refractivity contribution in [3.8, 4) is 0 Å². The zero-order valence-corrected chi connectivity index (χ0v) is 14.4. The van der Waals surface area contributed by atoms with Gasteiger partial charge in [0.2, 0.25) is 0 Å². The summed E-state index contributed by atoms with van der Waals surface area (Å²) in [6.45, 7) is 4.98. The van der Waals surface area contributed by atoms with Crippen molar-refractivity contribution in [2.45, 2.75) is 43.7 Å². The van der Waals surface area contributed by atoms with Crippen LogP contribution in [0.4, 0.5) is 4.79 Å². The molecule has 0 saturated heterocycles. The molecular formula is C13H20ClN3O4S. The minimum Gasteiger partial charge on any atom is -0.444 e. The number of amides is 1. The molecule has 0 aliphatic heterocycles. The van der Waals surface area contributed by atoms with Crippen LogP contribution in [0.2, 0.25) is 5.15 Å². The first-order valence-electron chi connectivity index (χ1n) is 6.53. The summed E-state index contributed by atoms with van der Waals surface area (Å²) >= 11 is 7.26. The van der Waals surface area contributed by atoms with E-state index < -0.39 is 23.9 Å². The average Bonchev–Trinajstić information content (AvgIpc) is 2.42. The maximum Gasteiger partial charge on any atom is 0.407 e. The lowest BCUT2D eigenvalue weighted by atomic mass is 10.1. The summed E-state index contributed by atoms with van der Waals surface area (Å²) in [4.78, 5) is 19.5. The molecule has 1 aromatic heterocycles. The Morgan fingerprint density at radius 2 is 2.14 bits per heavy atom. The Morgan fingerprint density at radius 1 is 1.50 bits per heavy atom. The van der Waals surface area contributed by atoms with Gasteiger partial charge in [-0.2, -0.15) is 0 Å². The van der Waals surface area contributed by atoms with Crippen LogP contribution in [0.5, 0.6) is 0 Å². The van der Waals surface area contributed by atoms with Crippen LogP contribution in [-0.4, -0.2) is 50.8 Å². The molecule has 0 aliphatic carbocycles. The Labute approximate surface area is 138 Å². The predicted molar refractivity (Wildman–Crippen MR) is 84.0 cm³/mol. The second-order valence-corrected chi connectivity index (χ2v) is 6.63. The molecule has 124 valence electrons. The highest BCUT2D eigenvalue weighted by Crippen LogP contribution is 2.24. The number of carbonyl (C=O) groups excluding carboxylic acids is 1. The summed E-state index contributed by atoms with van der Waals surface area (Å²) in [5.74, 6) is 0. The second-order valence-electron chi connectivity index (χ2n) is 5.50. The van der Waals surface area contributed by atoms with Gasteiger partial charge in [-0.1, -0.05) is 23.4 Å². The highest BCUT2D eigenvalue weighted by atomic mass is 35.5. The summed E-state index contributed by atoms with van der Waals surface area (Å²) in [5.41, 5.74) is -0.448. The molecule has 1 amide bonds. The molecule has 1 rings (SSSR count). The first kappa shape index (κ1) is 19.0. The number of rotatable bonds is 5. The van der Waals surface area contributed by atoms with E-state index in [0.29, 0.717) is 5.16 Å². The van der Waals surface area contributed by atoms with Crippen molar-refractivity contribution in [1.82, 2.24) is 15.3 Å². The van der Waals surface area contributed by atoms with Crippen LogP contribution < -0.4 is 5.32 Å². The maximum atomic E-state index is 11.5. The van der Waals surface area contributed by atoms with E-state index in [1.807, 2.05) is 0 Å². The molecule has 3 N–H and O–H groups in total. The minimum absolute atomic E-state index is 0.0585. The fourth-order valence-electron chi connectivity index (χ4n) is 1.47. The van der Waals surface area contributed by atoms with Gasteiger partial charge in [0.05, 0.1) is 0 Å². The molecule has 22 heavy (non-hydrogen) atoms. The number of aliphatic hydroxyl groups is 2. The Bertz CT molecular complexity index is 524. The standard InChI is InChI=1S/C13H20ClN3O4S/c1-13(2,3)21-12(20)16-6-8(18)9(19)7-5-15-11(22-4)17-10(7)14/h5,8-9,18-19H,6H2,1-4H3,(H,16,20). The van der Waals surface area contributed by atoms with Crippen molar-refractivity contribution in [2.24, 2.45) is 0 Å². The Balaban J connectivity index is 2.62. The van der Waals surface area contributed by atoms with Crippen LogP contribution in [0.1, 0.15) is 32.4 Å². The van der Waals surface area contributed by atoms with Gasteiger partial charge in [0.1, 0.15) is 23.0 Å². The number of nitrogens with zero attached hydrogens (tertiary/aromatic N) is 2. The van der Waals surface area contributed by atoms with Gasteiger partial charge in [0, 0.05) is 18.3 Å². The fraction of sp³-hybridized carbons (Fsp3) is 0.615. The third-order valence-electron chi connectivity index (χ3n) is 2.47. The second kappa shape index (κ2) is 7.96. The maximum absolute atomic E-state index is 11.5. The van der Waals surface area contributed by atoms with Crippen molar-refractivity contribution >= 4 is 29.5 Å². The highest BCUT2D eigenvalue weighted by molar-refractivity contribution is 7.98. The van der Waals surface area contributed by atoms with Crippen LogP contribution in [0.25, 0.3) is 0 Å². The topological polar surface area (TPSA) is 105 Å². The van der Waals surface area contributed by atoms with Crippen LogP contribution in [-0.2, 0) is 4.74 Å². The van der Waals surface area contributed by atoms with Crippen LogP contribution in [0, 0.1) is 0 Å². The minimum atomic E-state index is -1.32. The number of aromatic nitrogens is 2. The van der Waals surface area contributed by atoms with Gasteiger partial charge < -0.3 is 20.3 Å². The number of hydrogen-bond donors (Lipinski definition) is 3. The third kappa shape index (κ3) is 5.96. The largest absolute Gasteiger partial charge is 0.444 e. The number of hydrogen-bond acceptors (Lipinski definition) is 7. The van der Waals surface area contributed by atoms with E-state index in [9.17, 15) is 15.0 Å². The molecule has 0 aliphatic rings. The smallest absolute Gasteiger partial charge is 0.407 e. The average molecular weight is 350 g/mol. The molecule has 7 nitrogen and oxygen atoms in total. The Morgan fingerprint density at radius 3 is 2.64 bits per heavy atom. The zero-order valence-electron chi connectivity index (χ0n) is 12.8. The fourth-order valence-corrected chi connectivity index (χ4v) is 2.10. The van der Waals surface area contributed by atoms with Gasteiger partial charge in [-0.05, 0) is 27.0 Å². The van der Waals surface area contributed by atoms with E-state index in [1.165, 1.54) is 18.0 Å². The van der Waals surface area contributed by atoms with Gasteiger partial charge >= 0.3 is 6.09 Å². The number of thioether (sulfide) groups is 1. The van der Waals surface area contributed by atoms with Gasteiger partial charge in [-0.25, -0.2) is 14.8 Å². The van der Waals surface area contributed by atoms with Crippen molar-refractivity contribution in [3.05, 3.63) is 16.9 Å². The van der Waals surface area contributed by atoms with E-state index in [0.717, 1.165) is 0 Å². The number of alkyl carbamates (subject to hydrolysis) is 1. The first-order valence-corrected chi connectivity index (χ1v) is 8.13. The van der Waals surface area contributed by atoms with Gasteiger partial charge in [0.25, 0.3) is 0 Å². The Kier molecular flexibility index (Phi) is 6.86. The lowest BCUT2D eigenvalue weighted by molar-refractivity contribution is 0.0126. The number of halogens is 1. The number of nitrogens with one attached hydrogen (secondary N) is 1. The van der Waals surface area contributed by atoms with Crippen molar-refractivity contribution in [1.29, 1.82) is 0 Å². The van der Waals surface area contributed by atoms with E-state index in [2.05, 4.69) is 15.3 Å². The van der Waals surface area contributed by atoms with Gasteiger partial charge in [-0.3, -0.25) is 0 Å². The lowest BCUT2D eigenvalue weighted by Crippen LogP contribution is -2.39. The first-order chi connectivity index (χ1) is 10.1. The normalized spacial score (nSPS) is 14.3. The summed E-state index contributed by atoms with van der Waals surface area (Å²) in [7, 11) is 0. The molecular weight excluding hydrogens is 330 g/mol. The van der Waals surface area contributed by atoms with Crippen LogP contribution >= 0.6 is 23.4 Å². The SMILES string of the molecule is CSc1ncc(C(O)C(O)CNC(=O)OC(C)(C)C)c(Cl)n1. The molecule has 9 heteroatoms. The Hall–Kier alpha value is -1.09. The van der Waals surface area contributed by atoms with E-state index >= 15 is 0 Å². The zero-order chi connectivity index (χ0) is 16.9. The number of carbonyl (C=O) groups is 1. The van der Waals surface area contributed by atoms with E-state index in [-0.39, 0.29) is 17.3 Å². The van der Waals surface area contributed by atoms with Crippen LogP contribution in [0.3, 0.4) is 0 Å². The van der Waals surface area contributed by atoms with Crippen molar-refractivity contribution in [2.75, 3.05) is 12.8 Å². The molecule has 0 bridgehead atoms. The number of ether oxygens (including phenoxy) is 1. The molecule has 0 aromatic carbocycles. The summed E-state index contributed by atoms with van der Waals surface area (Å²) < 4.78 is 5.03. The monoisotopic (exact) mass is 349 g/mol. The summed E-state index contributed by atoms with van der Waals surface area (Å²) in [6, 6.07) is 0. The number of aliphatic hydroxyl groups excluding tert-OH is 2. The summed E-state index contributed by atoms with van der Waals surface area (Å²) in [6.07, 6.45) is -0.130. The van der Waals surface area contributed by atoms with Crippen molar-refractivity contribution in [3.63, 3.8) is 0 Å². The molecule has 0 saturated carbocycles. The molecule has 2 unspecified atom stereocenters. The third-order valence-corrected chi connectivity index (χ3v) is 3.33. The molecule has 0 fully saturated rings. The molecule has 1 aromatic rings. The van der Waals surface area contributed by atoms with Gasteiger partial charge in [0.15, 0.2) is 5.16 Å². The predicted octanol–water partition coefficient (Wildman–Crippen LogP) is 1.77. The molecule has 1 heterocycles. The van der Waals surface area contributed by atoms with Crippen molar-refractivity contribution < 1.29 is 19.7 Å². The summed E-state index contributed by atoms with van der Waals surface area (Å²) in [5, 5.41) is 22.9. The molecule has 0 radical (unpaired) electrons. The van der Waals surface area contributed by atoms with Crippen LogP contribution in [0.15, 0.2) is 11.4 Å². The molecule has 2 atom stereocenters. The molecule has 0 spiro atoms. The highest BCUT2D eigenvalue weighted by Gasteiger charge is 2.24. The van der Waals surface area contributed by atoms with E-state index in [4.69, 9.17) is 16.3 Å².